The molecule has 41 heavy (non-hydrogen) atoms. The summed E-state index contributed by atoms with van der Waals surface area (Å²) in [5.41, 5.74) is 11.8. The normalized spacial score (nSPS) is 20.7. The highest BCUT2D eigenvalue weighted by molar-refractivity contribution is 6.00. The van der Waals surface area contributed by atoms with Crippen molar-refractivity contribution in [1.29, 1.82) is 0 Å². The van der Waals surface area contributed by atoms with Gasteiger partial charge in [-0.05, 0) is 62.6 Å². The minimum Gasteiger partial charge on any atom is -0.383 e. The lowest BCUT2D eigenvalue weighted by atomic mass is 9.89. The van der Waals surface area contributed by atoms with Crippen LogP contribution in [0.1, 0.15) is 31.7 Å². The molecule has 2 aliphatic rings. The first-order valence-electron chi connectivity index (χ1n) is 14.5. The number of nitrogen functional groups attached to an aromatic ring is 1. The molecule has 0 radical (unpaired) electrons. The van der Waals surface area contributed by atoms with E-state index >= 15 is 0 Å². The average Bonchev–Trinajstić information content (AvgIpc) is 3.52. The van der Waals surface area contributed by atoms with Crippen LogP contribution in [-0.4, -0.2) is 73.2 Å². The van der Waals surface area contributed by atoms with E-state index in [2.05, 4.69) is 55.0 Å². The third-order valence-electron chi connectivity index (χ3n) is 9.05. The summed E-state index contributed by atoms with van der Waals surface area (Å²) in [5, 5.41) is 4.28. The van der Waals surface area contributed by atoms with Crippen molar-refractivity contribution >= 4 is 39.5 Å². The monoisotopic (exact) mass is 553 g/mol. The van der Waals surface area contributed by atoms with E-state index in [4.69, 9.17) is 10.7 Å². The van der Waals surface area contributed by atoms with Crippen LogP contribution in [0.5, 0.6) is 0 Å². The zero-order valence-electron chi connectivity index (χ0n) is 23.6. The Bertz CT molecular complexity index is 1690. The number of fused-ring (bicyclic) bond motifs is 2. The molecule has 3 aromatic heterocycles. The SMILES string of the molecule is CN1CCN([C@H]2CC[C@H](n3cc(-c4ccc(Nc5nc6cc(F)ccc6n5C)cc4)c4c(N)ncnc43)CC2)CC1. The molecule has 0 spiro atoms. The third-order valence-corrected chi connectivity index (χ3v) is 9.05. The summed E-state index contributed by atoms with van der Waals surface area (Å²) in [5.74, 6) is 0.862. The molecule has 1 aliphatic carbocycles. The number of nitrogens with two attached hydrogens (primary N) is 1. The Morgan fingerprint density at radius 2 is 1.63 bits per heavy atom. The Labute approximate surface area is 238 Å². The van der Waals surface area contributed by atoms with Crippen LogP contribution in [0.25, 0.3) is 33.2 Å². The highest BCUT2D eigenvalue weighted by Crippen LogP contribution is 2.39. The van der Waals surface area contributed by atoms with Gasteiger partial charge in [-0.15, -0.1) is 0 Å². The quantitative estimate of drug-likeness (QED) is 0.310. The lowest BCUT2D eigenvalue weighted by Crippen LogP contribution is -2.49. The van der Waals surface area contributed by atoms with Gasteiger partial charge in [-0.25, -0.2) is 19.3 Å². The Morgan fingerprint density at radius 3 is 2.39 bits per heavy atom. The molecule has 0 unspecified atom stereocenters. The lowest BCUT2D eigenvalue weighted by Gasteiger charge is -2.41. The Morgan fingerprint density at radius 1 is 0.902 bits per heavy atom. The molecule has 0 atom stereocenters. The number of nitrogens with zero attached hydrogens (tertiary/aromatic N) is 7. The number of aryl methyl sites for hydroxylation is 1. The minimum absolute atomic E-state index is 0.294. The van der Waals surface area contributed by atoms with Crippen LogP contribution in [0.2, 0.25) is 0 Å². The van der Waals surface area contributed by atoms with Crippen molar-refractivity contribution in [3.63, 3.8) is 0 Å². The van der Waals surface area contributed by atoms with Crippen LogP contribution in [-0.2, 0) is 7.05 Å². The van der Waals surface area contributed by atoms with Crippen molar-refractivity contribution in [3.05, 3.63) is 60.8 Å². The van der Waals surface area contributed by atoms with E-state index in [0.29, 0.717) is 29.4 Å². The second-order valence-electron chi connectivity index (χ2n) is 11.5. The maximum Gasteiger partial charge on any atom is 0.208 e. The summed E-state index contributed by atoms with van der Waals surface area (Å²) in [6.07, 6.45) is 8.48. The van der Waals surface area contributed by atoms with Gasteiger partial charge in [0.25, 0.3) is 0 Å². The molecule has 1 saturated carbocycles. The zero-order valence-corrected chi connectivity index (χ0v) is 23.6. The predicted molar refractivity (Wildman–Crippen MR) is 162 cm³/mol. The Hall–Kier alpha value is -4.02. The molecule has 10 heteroatoms. The van der Waals surface area contributed by atoms with Gasteiger partial charge < -0.3 is 25.1 Å². The van der Waals surface area contributed by atoms with E-state index in [0.717, 1.165) is 59.3 Å². The van der Waals surface area contributed by atoms with Gasteiger partial charge in [-0.1, -0.05) is 12.1 Å². The molecule has 2 fully saturated rings. The Balaban J connectivity index is 1.13. The van der Waals surface area contributed by atoms with Gasteiger partial charge in [0.1, 0.15) is 23.6 Å². The standard InChI is InChI=1S/C31H36FN9/c1-38-13-15-40(16-14-38)23-8-10-24(11-9-23)41-18-25(28-29(33)34-19-35-30(28)41)20-3-6-22(7-4-20)36-31-37-26-17-21(32)5-12-27(26)39(31)2/h3-7,12,17-19,23-24H,8-11,13-16H2,1-2H3,(H,36,37)(H2,33,34,35)/t23-,24-. The number of piperazine rings is 1. The fraction of sp³-hybridized carbons (Fsp3) is 0.387. The number of benzene rings is 2. The second kappa shape index (κ2) is 10.4. The topological polar surface area (TPSA) is 93.1 Å². The van der Waals surface area contributed by atoms with Crippen molar-refractivity contribution < 1.29 is 4.39 Å². The molecule has 1 aliphatic heterocycles. The van der Waals surface area contributed by atoms with Gasteiger partial charge in [0.15, 0.2) is 0 Å². The number of halogens is 1. The largest absolute Gasteiger partial charge is 0.383 e. The number of anilines is 3. The fourth-order valence-electron chi connectivity index (χ4n) is 6.64. The van der Waals surface area contributed by atoms with Crippen molar-refractivity contribution in [2.24, 2.45) is 7.05 Å². The van der Waals surface area contributed by atoms with Crippen LogP contribution in [0.4, 0.5) is 21.8 Å². The summed E-state index contributed by atoms with van der Waals surface area (Å²) >= 11 is 0. The predicted octanol–water partition coefficient (Wildman–Crippen LogP) is 5.18. The first kappa shape index (κ1) is 25.9. The fourth-order valence-corrected chi connectivity index (χ4v) is 6.64. The molecular formula is C31H36FN9. The van der Waals surface area contributed by atoms with E-state index in [1.54, 1.807) is 12.4 Å². The molecule has 3 N–H and O–H groups in total. The van der Waals surface area contributed by atoms with Crippen molar-refractivity contribution in [2.45, 2.75) is 37.8 Å². The van der Waals surface area contributed by atoms with Gasteiger partial charge in [-0.2, -0.15) is 0 Å². The maximum atomic E-state index is 13.7. The molecule has 0 amide bonds. The van der Waals surface area contributed by atoms with Crippen LogP contribution >= 0.6 is 0 Å². The molecule has 0 bridgehead atoms. The summed E-state index contributed by atoms with van der Waals surface area (Å²) in [6, 6.07) is 13.9. The second-order valence-corrected chi connectivity index (χ2v) is 11.5. The average molecular weight is 554 g/mol. The van der Waals surface area contributed by atoms with Crippen LogP contribution < -0.4 is 11.1 Å². The first-order valence-corrected chi connectivity index (χ1v) is 14.5. The van der Waals surface area contributed by atoms with Crippen LogP contribution in [0, 0.1) is 5.82 Å². The van der Waals surface area contributed by atoms with E-state index < -0.39 is 0 Å². The first-order chi connectivity index (χ1) is 19.9. The minimum atomic E-state index is -0.294. The number of hydrogen-bond acceptors (Lipinski definition) is 7. The van der Waals surface area contributed by atoms with Gasteiger partial charge in [-0.3, -0.25) is 4.90 Å². The van der Waals surface area contributed by atoms with Gasteiger partial charge >= 0.3 is 0 Å². The molecule has 4 heterocycles. The van der Waals surface area contributed by atoms with Crippen molar-refractivity contribution in [2.75, 3.05) is 44.3 Å². The summed E-state index contributed by atoms with van der Waals surface area (Å²) in [7, 11) is 4.13. The Kier molecular flexibility index (Phi) is 6.59. The molecule has 7 rings (SSSR count). The highest BCUT2D eigenvalue weighted by atomic mass is 19.1. The molecule has 212 valence electrons. The highest BCUT2D eigenvalue weighted by Gasteiger charge is 2.30. The van der Waals surface area contributed by atoms with E-state index in [-0.39, 0.29) is 5.82 Å². The van der Waals surface area contributed by atoms with Crippen LogP contribution in [0.3, 0.4) is 0 Å². The van der Waals surface area contributed by atoms with Crippen molar-refractivity contribution in [3.8, 4) is 11.1 Å². The number of likely N-dealkylation sites (N-methyl/N-ethyl adjacent to an activating group) is 1. The number of aromatic nitrogens is 5. The maximum absolute atomic E-state index is 13.7. The number of imidazole rings is 1. The zero-order chi connectivity index (χ0) is 28.1. The summed E-state index contributed by atoms with van der Waals surface area (Å²) in [4.78, 5) is 18.7. The van der Waals surface area contributed by atoms with Crippen LogP contribution in [0.15, 0.2) is 55.0 Å². The molecule has 1 saturated heterocycles. The van der Waals surface area contributed by atoms with E-state index in [1.165, 1.54) is 38.1 Å². The molecular weight excluding hydrogens is 517 g/mol. The third kappa shape index (κ3) is 4.81. The van der Waals surface area contributed by atoms with E-state index in [9.17, 15) is 4.39 Å². The lowest BCUT2D eigenvalue weighted by molar-refractivity contribution is 0.0828. The number of nitrogens with one attached hydrogen (secondary N) is 1. The van der Waals surface area contributed by atoms with Gasteiger partial charge in [0, 0.05) is 68.8 Å². The smallest absolute Gasteiger partial charge is 0.208 e. The summed E-state index contributed by atoms with van der Waals surface area (Å²) < 4.78 is 17.9. The summed E-state index contributed by atoms with van der Waals surface area (Å²) in [6.45, 7) is 4.67. The van der Waals surface area contributed by atoms with Gasteiger partial charge in [0.05, 0.1) is 16.4 Å². The van der Waals surface area contributed by atoms with Crippen molar-refractivity contribution in [1.82, 2.24) is 33.9 Å². The van der Waals surface area contributed by atoms with E-state index in [1.807, 2.05) is 23.7 Å². The number of hydrogen-bond donors (Lipinski definition) is 2. The van der Waals surface area contributed by atoms with Gasteiger partial charge in [0.2, 0.25) is 5.95 Å². The molecule has 2 aromatic carbocycles. The molecule has 9 nitrogen and oxygen atoms in total. The molecule has 5 aromatic rings. The number of rotatable bonds is 5.